The van der Waals surface area contributed by atoms with Crippen molar-refractivity contribution in [3.8, 4) is 0 Å². The maximum Gasteiger partial charge on any atom is 0.308 e. The average Bonchev–Trinajstić information content (AvgIpc) is 2.80. The van der Waals surface area contributed by atoms with E-state index in [1.165, 1.54) is 12.8 Å². The van der Waals surface area contributed by atoms with Crippen LogP contribution in [0.2, 0.25) is 0 Å². The third-order valence-corrected chi connectivity index (χ3v) is 3.44. The van der Waals surface area contributed by atoms with E-state index in [2.05, 4.69) is 11.9 Å². The summed E-state index contributed by atoms with van der Waals surface area (Å²) in [5.74, 6) is -0.708. The van der Waals surface area contributed by atoms with Crippen molar-refractivity contribution >= 4 is 5.97 Å². The molecule has 0 heterocycles. The Morgan fingerprint density at radius 1 is 1.31 bits per heavy atom. The molecule has 3 heteroatoms. The number of carbonyl (C=O) groups is 1. The van der Waals surface area contributed by atoms with Crippen LogP contribution in [0.4, 0.5) is 0 Å². The third kappa shape index (κ3) is 1.70. The maximum atomic E-state index is 10.9. The zero-order chi connectivity index (χ0) is 9.42. The molecule has 2 aliphatic carbocycles. The SMILES string of the molecule is CN(C1CC1)C1CCCC1C(=O)O. The number of hydrogen-bond acceptors (Lipinski definition) is 2. The molecular formula is C10H17NO2. The molecule has 1 N–H and O–H groups in total. The van der Waals surface area contributed by atoms with E-state index >= 15 is 0 Å². The highest BCUT2D eigenvalue weighted by molar-refractivity contribution is 5.71. The second kappa shape index (κ2) is 3.29. The number of carboxylic acids is 1. The normalized spacial score (nSPS) is 34.0. The Labute approximate surface area is 78.7 Å². The fourth-order valence-corrected chi connectivity index (χ4v) is 2.47. The van der Waals surface area contributed by atoms with E-state index in [1.54, 1.807) is 0 Å². The molecule has 2 unspecified atom stereocenters. The summed E-state index contributed by atoms with van der Waals surface area (Å²) in [5, 5.41) is 9.01. The van der Waals surface area contributed by atoms with Crippen LogP contribution in [0.25, 0.3) is 0 Å². The lowest BCUT2D eigenvalue weighted by Gasteiger charge is -2.27. The second-order valence-corrected chi connectivity index (χ2v) is 4.34. The largest absolute Gasteiger partial charge is 0.481 e. The summed E-state index contributed by atoms with van der Waals surface area (Å²) in [6.45, 7) is 0. The fraction of sp³-hybridized carbons (Fsp3) is 0.900. The van der Waals surface area contributed by atoms with Crippen molar-refractivity contribution in [1.29, 1.82) is 0 Å². The van der Waals surface area contributed by atoms with E-state index in [1.807, 2.05) is 0 Å². The van der Waals surface area contributed by atoms with Crippen molar-refractivity contribution in [3.05, 3.63) is 0 Å². The van der Waals surface area contributed by atoms with Crippen LogP contribution < -0.4 is 0 Å². The lowest BCUT2D eigenvalue weighted by Crippen LogP contribution is -2.39. The number of carboxylic acid groups (broad SMARTS) is 1. The van der Waals surface area contributed by atoms with Crippen LogP contribution in [0.1, 0.15) is 32.1 Å². The lowest BCUT2D eigenvalue weighted by molar-refractivity contribution is -0.143. The fourth-order valence-electron chi connectivity index (χ4n) is 2.47. The van der Waals surface area contributed by atoms with Crippen LogP contribution in [0.15, 0.2) is 0 Å². The van der Waals surface area contributed by atoms with Crippen molar-refractivity contribution in [2.24, 2.45) is 5.92 Å². The van der Waals surface area contributed by atoms with Gasteiger partial charge in [-0.25, -0.2) is 0 Å². The smallest absolute Gasteiger partial charge is 0.308 e. The lowest BCUT2D eigenvalue weighted by atomic mass is 10.0. The zero-order valence-corrected chi connectivity index (χ0v) is 8.07. The Bertz CT molecular complexity index is 213. The van der Waals surface area contributed by atoms with Gasteiger partial charge in [0.25, 0.3) is 0 Å². The average molecular weight is 183 g/mol. The first kappa shape index (κ1) is 9.00. The Balaban J connectivity index is 1.99. The summed E-state index contributed by atoms with van der Waals surface area (Å²) in [4.78, 5) is 13.2. The van der Waals surface area contributed by atoms with Gasteiger partial charge in [0.2, 0.25) is 0 Å². The number of rotatable bonds is 3. The van der Waals surface area contributed by atoms with Crippen molar-refractivity contribution in [3.63, 3.8) is 0 Å². The van der Waals surface area contributed by atoms with Crippen LogP contribution in [-0.2, 0) is 4.79 Å². The van der Waals surface area contributed by atoms with Gasteiger partial charge in [0.1, 0.15) is 0 Å². The van der Waals surface area contributed by atoms with Crippen LogP contribution in [0, 0.1) is 5.92 Å². The molecule has 0 spiro atoms. The second-order valence-electron chi connectivity index (χ2n) is 4.34. The molecule has 2 fully saturated rings. The number of nitrogens with zero attached hydrogens (tertiary/aromatic N) is 1. The highest BCUT2D eigenvalue weighted by Gasteiger charge is 2.40. The van der Waals surface area contributed by atoms with Gasteiger partial charge in [0.05, 0.1) is 5.92 Å². The minimum atomic E-state index is -0.602. The van der Waals surface area contributed by atoms with Gasteiger partial charge in [-0.3, -0.25) is 9.69 Å². The predicted octanol–water partition coefficient (Wildman–Crippen LogP) is 1.33. The Hall–Kier alpha value is -0.570. The molecule has 2 atom stereocenters. The third-order valence-electron chi connectivity index (χ3n) is 3.44. The van der Waals surface area contributed by atoms with Gasteiger partial charge < -0.3 is 5.11 Å². The topological polar surface area (TPSA) is 40.5 Å². The minimum absolute atomic E-state index is 0.106. The molecule has 0 saturated heterocycles. The summed E-state index contributed by atoms with van der Waals surface area (Å²) >= 11 is 0. The molecule has 0 aromatic heterocycles. The summed E-state index contributed by atoms with van der Waals surface area (Å²) in [7, 11) is 2.09. The first-order valence-corrected chi connectivity index (χ1v) is 5.15. The molecule has 2 rings (SSSR count). The minimum Gasteiger partial charge on any atom is -0.481 e. The van der Waals surface area contributed by atoms with Crippen molar-refractivity contribution in [1.82, 2.24) is 4.90 Å². The number of aliphatic carboxylic acids is 1. The quantitative estimate of drug-likeness (QED) is 0.717. The Morgan fingerprint density at radius 2 is 2.00 bits per heavy atom. The summed E-state index contributed by atoms with van der Waals surface area (Å²) < 4.78 is 0. The van der Waals surface area contributed by atoms with Gasteiger partial charge in [-0.1, -0.05) is 6.42 Å². The van der Waals surface area contributed by atoms with Gasteiger partial charge in [-0.15, -0.1) is 0 Å². The van der Waals surface area contributed by atoms with Gasteiger partial charge in [0.15, 0.2) is 0 Å². The molecular weight excluding hydrogens is 166 g/mol. The predicted molar refractivity (Wildman–Crippen MR) is 49.5 cm³/mol. The van der Waals surface area contributed by atoms with Crippen LogP contribution in [0.3, 0.4) is 0 Å². The van der Waals surface area contributed by atoms with E-state index in [0.29, 0.717) is 12.1 Å². The monoisotopic (exact) mass is 183 g/mol. The van der Waals surface area contributed by atoms with Crippen molar-refractivity contribution < 1.29 is 9.90 Å². The Kier molecular flexibility index (Phi) is 2.28. The maximum absolute atomic E-state index is 10.9. The van der Waals surface area contributed by atoms with Gasteiger partial charge in [-0.2, -0.15) is 0 Å². The molecule has 0 aromatic carbocycles. The summed E-state index contributed by atoms with van der Waals surface area (Å²) in [5.41, 5.74) is 0. The molecule has 0 aromatic rings. The molecule has 2 saturated carbocycles. The molecule has 2 aliphatic rings. The van der Waals surface area contributed by atoms with E-state index in [-0.39, 0.29) is 5.92 Å². The van der Waals surface area contributed by atoms with Gasteiger partial charge >= 0.3 is 5.97 Å². The molecule has 0 bridgehead atoms. The van der Waals surface area contributed by atoms with E-state index in [0.717, 1.165) is 19.3 Å². The van der Waals surface area contributed by atoms with Crippen LogP contribution >= 0.6 is 0 Å². The molecule has 3 nitrogen and oxygen atoms in total. The van der Waals surface area contributed by atoms with E-state index in [4.69, 9.17) is 5.11 Å². The highest BCUT2D eigenvalue weighted by atomic mass is 16.4. The standard InChI is InChI=1S/C10H17NO2/c1-11(7-5-6-7)9-4-2-3-8(9)10(12)13/h7-9H,2-6H2,1H3,(H,12,13). The summed E-state index contributed by atoms with van der Waals surface area (Å²) in [6.07, 6.45) is 5.55. The molecule has 0 amide bonds. The molecule has 74 valence electrons. The van der Waals surface area contributed by atoms with Crippen molar-refractivity contribution in [2.75, 3.05) is 7.05 Å². The van der Waals surface area contributed by atoms with E-state index < -0.39 is 5.97 Å². The van der Waals surface area contributed by atoms with Crippen molar-refractivity contribution in [2.45, 2.75) is 44.2 Å². The number of hydrogen-bond donors (Lipinski definition) is 1. The van der Waals surface area contributed by atoms with E-state index in [9.17, 15) is 4.79 Å². The highest BCUT2D eigenvalue weighted by Crippen LogP contribution is 2.36. The first-order valence-electron chi connectivity index (χ1n) is 5.15. The zero-order valence-electron chi connectivity index (χ0n) is 8.07. The Morgan fingerprint density at radius 3 is 2.54 bits per heavy atom. The van der Waals surface area contributed by atoms with Crippen LogP contribution in [-0.4, -0.2) is 35.1 Å². The van der Waals surface area contributed by atoms with Gasteiger partial charge in [-0.05, 0) is 32.7 Å². The summed E-state index contributed by atoms with van der Waals surface area (Å²) in [6, 6.07) is 0.995. The molecule has 13 heavy (non-hydrogen) atoms. The first-order chi connectivity index (χ1) is 6.20. The van der Waals surface area contributed by atoms with Gasteiger partial charge in [0, 0.05) is 12.1 Å². The molecule has 0 aliphatic heterocycles. The van der Waals surface area contributed by atoms with Crippen LogP contribution in [0.5, 0.6) is 0 Å². The molecule has 0 radical (unpaired) electrons.